The van der Waals surface area contributed by atoms with Gasteiger partial charge in [-0.3, -0.25) is 0 Å². The zero-order chi connectivity index (χ0) is 42.8. The molecule has 0 bridgehead atoms. The zero-order valence-electron chi connectivity index (χ0n) is 39.3. The average molecular weight is 1080 g/mol. The van der Waals surface area contributed by atoms with Crippen LogP contribution in [0.2, 0.25) is 118 Å². The summed E-state index contributed by atoms with van der Waals surface area (Å²) >= 11 is 0. The molecule has 0 N–H and O–H groups in total. The summed E-state index contributed by atoms with van der Waals surface area (Å²) in [7, 11) is -4.97. The topological polar surface area (TPSA) is 80.3 Å². The summed E-state index contributed by atoms with van der Waals surface area (Å²) in [5, 5.41) is 11.4. The van der Waals surface area contributed by atoms with Gasteiger partial charge in [-0.1, -0.05) is 242 Å². The molecule has 0 saturated heterocycles. The van der Waals surface area contributed by atoms with E-state index >= 15 is 0 Å². The summed E-state index contributed by atoms with van der Waals surface area (Å²) in [5.74, 6) is 1.04. The van der Waals surface area contributed by atoms with Crippen molar-refractivity contribution in [3.8, 4) is 16.9 Å². The number of hydrogen-bond donors (Lipinski definition) is 0. The second kappa shape index (κ2) is 22.7. The fraction of sp³-hybridized carbons (Fsp3) is 0.548. The van der Waals surface area contributed by atoms with E-state index in [4.69, 9.17) is 18.7 Å². The molecule has 0 aromatic heterocycles. The molecule has 0 saturated carbocycles. The van der Waals surface area contributed by atoms with Crippen molar-refractivity contribution in [3.63, 3.8) is 0 Å². The van der Waals surface area contributed by atoms with E-state index in [1.54, 1.807) is 7.11 Å². The largest absolute Gasteiger partial charge is 4.00 e. The minimum Gasteiger partial charge on any atom is -0.668 e. The van der Waals surface area contributed by atoms with E-state index in [2.05, 4.69) is 162 Å². The maximum absolute atomic E-state index is 11.4. The van der Waals surface area contributed by atoms with Gasteiger partial charge in [-0.15, -0.1) is 0 Å². The third-order valence-electron chi connectivity index (χ3n) is 7.11. The predicted molar refractivity (Wildman–Crippen MR) is 267 cm³/mol. The van der Waals surface area contributed by atoms with Crippen LogP contribution in [0.25, 0.3) is 30.5 Å². The Hall–Kier alpha value is -0.764. The van der Waals surface area contributed by atoms with Gasteiger partial charge >= 0.3 is 39.9 Å². The molecular formula is C42H78N6OSi6Th. The van der Waals surface area contributed by atoms with Gasteiger partial charge < -0.3 is 33.9 Å². The molecule has 1 aliphatic heterocycles. The van der Waals surface area contributed by atoms with Crippen LogP contribution in [0, 0.1) is 39.9 Å². The summed E-state index contributed by atoms with van der Waals surface area (Å²) in [6.07, 6.45) is 0. The second-order valence-electron chi connectivity index (χ2n) is 20.6. The Morgan fingerprint density at radius 1 is 0.536 bits per heavy atom. The molecule has 0 spiro atoms. The number of benzene rings is 3. The molecule has 0 amide bonds. The van der Waals surface area contributed by atoms with Crippen molar-refractivity contribution in [2.75, 3.05) is 16.9 Å². The summed E-state index contributed by atoms with van der Waals surface area (Å²) < 4.78 is 19.8. The molecule has 56 heavy (non-hydrogen) atoms. The molecule has 1 aliphatic rings. The van der Waals surface area contributed by atoms with Crippen LogP contribution in [0.15, 0.2) is 72.8 Å². The minimum atomic E-state index is -1.11. The predicted octanol–water partition coefficient (Wildman–Crippen LogP) is 14.6. The Morgan fingerprint density at radius 3 is 1.23 bits per heavy atom. The first-order valence-electron chi connectivity index (χ1n) is 19.9. The van der Waals surface area contributed by atoms with Crippen LogP contribution in [0.3, 0.4) is 0 Å². The van der Waals surface area contributed by atoms with Crippen molar-refractivity contribution < 1.29 is 44.7 Å². The molecule has 310 valence electrons. The van der Waals surface area contributed by atoms with Gasteiger partial charge in [0.05, 0.1) is 7.11 Å². The van der Waals surface area contributed by atoms with E-state index in [0.717, 1.165) is 33.8 Å². The maximum atomic E-state index is 11.4. The fourth-order valence-electron chi connectivity index (χ4n) is 6.83. The van der Waals surface area contributed by atoms with Crippen molar-refractivity contribution in [1.29, 1.82) is 0 Å². The third-order valence-corrected chi connectivity index (χ3v) is 23.2. The van der Waals surface area contributed by atoms with Gasteiger partial charge in [0.15, 0.2) is 0 Å². The summed E-state index contributed by atoms with van der Waals surface area (Å²) in [5.41, 5.74) is 5.28. The zero-order valence-corrected chi connectivity index (χ0v) is 49.4. The van der Waals surface area contributed by atoms with Crippen molar-refractivity contribution >= 4 is 66.7 Å². The normalized spacial score (nSPS) is 13.4. The number of para-hydroxylation sites is 2. The molecule has 4 rings (SSSR count). The number of nitrogens with zero attached hydrogens (tertiary/aromatic N) is 6. The smallest absolute Gasteiger partial charge is 0.668 e. The Bertz CT molecular complexity index is 1540. The fourth-order valence-corrected chi connectivity index (χ4v) is 31.0. The standard InChI is InChI=1S/C24H24N3O.3C6H18NSi2.Th/c1-17(2)27-23-14-7-5-12-21(23)20-11-4-6-13-22(20)26(24(27)25)16-18-9-8-10-19(15-18)28-3;3*1-8(2,3)7-9(4,5)6;/h4-15,17H,16H2,1-3H3;3*1-6H3;/q4*-1;+4. The van der Waals surface area contributed by atoms with E-state index in [-0.39, 0.29) is 51.9 Å². The van der Waals surface area contributed by atoms with Gasteiger partial charge in [0.1, 0.15) is 5.75 Å². The number of guanidine groups is 1. The molecule has 0 fully saturated rings. The van der Waals surface area contributed by atoms with E-state index in [1.807, 2.05) is 52.3 Å². The van der Waals surface area contributed by atoms with Gasteiger partial charge in [0.25, 0.3) is 0 Å². The van der Waals surface area contributed by atoms with E-state index in [0.29, 0.717) is 6.54 Å². The van der Waals surface area contributed by atoms with Gasteiger partial charge in [0.2, 0.25) is 0 Å². The van der Waals surface area contributed by atoms with Crippen LogP contribution in [0.1, 0.15) is 19.4 Å². The van der Waals surface area contributed by atoms with Gasteiger partial charge in [-0.25, -0.2) is 0 Å². The molecule has 0 aliphatic carbocycles. The van der Waals surface area contributed by atoms with E-state index in [9.17, 15) is 5.41 Å². The Labute approximate surface area is 383 Å². The van der Waals surface area contributed by atoms with Crippen molar-refractivity contribution in [1.82, 2.24) is 0 Å². The molecule has 0 atom stereocenters. The van der Waals surface area contributed by atoms with E-state index in [1.165, 1.54) is 0 Å². The van der Waals surface area contributed by atoms with Crippen LogP contribution in [-0.2, 0) is 6.54 Å². The van der Waals surface area contributed by atoms with Crippen LogP contribution in [-0.4, -0.2) is 68.5 Å². The Kier molecular flexibility index (Phi) is 22.4. The van der Waals surface area contributed by atoms with Crippen molar-refractivity contribution in [3.05, 3.63) is 97.7 Å². The average Bonchev–Trinajstić information content (AvgIpc) is 3.05. The summed E-state index contributed by atoms with van der Waals surface area (Å²) in [6.45, 7) is 46.1. The minimum absolute atomic E-state index is 0. The quantitative estimate of drug-likeness (QED) is 0.190. The van der Waals surface area contributed by atoms with Crippen LogP contribution in [0.4, 0.5) is 11.4 Å². The maximum Gasteiger partial charge on any atom is 4.00 e. The molecule has 0 unspecified atom stereocenters. The molecule has 7 nitrogen and oxygen atoms in total. The number of rotatable bonds is 10. The summed E-state index contributed by atoms with van der Waals surface area (Å²) in [6, 6.07) is 24.5. The third kappa shape index (κ3) is 23.1. The molecule has 14 heteroatoms. The van der Waals surface area contributed by atoms with Crippen LogP contribution >= 0.6 is 0 Å². The van der Waals surface area contributed by atoms with Crippen LogP contribution < -0.4 is 14.5 Å². The number of hydrogen-bond acceptors (Lipinski definition) is 1. The number of methoxy groups -OCH3 is 1. The van der Waals surface area contributed by atoms with Crippen LogP contribution in [0.5, 0.6) is 5.75 Å². The Balaban J connectivity index is 0.000000890. The SMILES string of the molecule is COc1cccc(CN2C(=[N-])N(C(C)C)c3ccccc3-c3ccccc32)c1.C[Si](C)(C)[N-][Si](C)(C)C.C[Si](C)(C)[N-][Si](C)(C)C.C[Si](C)(C)[N-][Si](C)(C)C.[Th+4]. The molecule has 1 heterocycles. The number of ether oxygens (including phenoxy) is 1. The summed E-state index contributed by atoms with van der Waals surface area (Å²) in [4.78, 5) is 3.97. The second-order valence-corrected chi connectivity index (χ2v) is 49.3. The van der Waals surface area contributed by atoms with E-state index < -0.39 is 49.4 Å². The van der Waals surface area contributed by atoms with Crippen molar-refractivity contribution in [2.45, 2.75) is 144 Å². The molecule has 0 radical (unpaired) electrons. The molecule has 3 aromatic rings. The molecule has 3 aromatic carbocycles. The van der Waals surface area contributed by atoms with Gasteiger partial charge in [-0.05, 0) is 46.2 Å². The van der Waals surface area contributed by atoms with Gasteiger partial charge in [0, 0.05) is 12.5 Å². The molecular weight excluding hydrogens is 1010 g/mol. The number of fused-ring (bicyclic) bond motifs is 3. The first kappa shape index (κ1) is 55.2. The first-order valence-corrected chi connectivity index (χ1v) is 40.6. The van der Waals surface area contributed by atoms with Gasteiger partial charge in [-0.2, -0.15) is 0 Å². The first-order chi connectivity index (χ1) is 24.7. The monoisotopic (exact) mass is 1080 g/mol. The Morgan fingerprint density at radius 2 is 0.893 bits per heavy atom. The van der Waals surface area contributed by atoms with Crippen molar-refractivity contribution in [2.24, 2.45) is 0 Å². The number of anilines is 2.